The molecule has 0 aliphatic carbocycles. The molecule has 0 atom stereocenters. The van der Waals surface area contributed by atoms with Crippen molar-refractivity contribution in [3.05, 3.63) is 54.2 Å². The summed E-state index contributed by atoms with van der Waals surface area (Å²) >= 11 is 0. The molecule has 1 aromatic heterocycles. The Morgan fingerprint density at radius 1 is 1.23 bits per heavy atom. The monoisotopic (exact) mass is 291 g/mol. The van der Waals surface area contributed by atoms with Gasteiger partial charge in [-0.3, -0.25) is 4.79 Å². The molecule has 0 N–H and O–H groups in total. The molecule has 0 saturated heterocycles. The van der Waals surface area contributed by atoms with Crippen LogP contribution in [0.25, 0.3) is 17.5 Å². The Morgan fingerprint density at radius 2 is 2.00 bits per heavy atom. The largest absolute Gasteiger partial charge is 0.310 e. The summed E-state index contributed by atoms with van der Waals surface area (Å²) in [6, 6.07) is 12.3. The molecule has 112 valence electrons. The zero-order valence-electron chi connectivity index (χ0n) is 13.0. The van der Waals surface area contributed by atoms with E-state index in [0.717, 1.165) is 29.8 Å². The summed E-state index contributed by atoms with van der Waals surface area (Å²) in [4.78, 5) is 10.5. The van der Waals surface area contributed by atoms with Crippen molar-refractivity contribution < 1.29 is 4.79 Å². The lowest BCUT2D eigenvalue weighted by atomic mass is 10.0. The molecule has 0 unspecified atom stereocenters. The van der Waals surface area contributed by atoms with E-state index in [1.165, 1.54) is 18.4 Å². The number of unbranched alkanes of at least 4 members (excludes halogenated alkanes) is 2. The highest BCUT2D eigenvalue weighted by atomic mass is 16.1. The molecule has 0 fully saturated rings. The number of aromatic nitrogens is 1. The Morgan fingerprint density at radius 3 is 2.64 bits per heavy atom. The minimum absolute atomic E-state index is 0.624. The van der Waals surface area contributed by atoms with Gasteiger partial charge in [-0.15, -0.1) is 0 Å². The Labute approximate surface area is 132 Å². The fraction of sp³-hybridized carbons (Fsp3) is 0.250. The maximum absolute atomic E-state index is 10.5. The van der Waals surface area contributed by atoms with Gasteiger partial charge in [-0.2, -0.15) is 0 Å². The molecule has 0 radical (unpaired) electrons. The van der Waals surface area contributed by atoms with Crippen LogP contribution in [0.2, 0.25) is 0 Å². The number of aldehydes is 1. The topological polar surface area (TPSA) is 22.0 Å². The van der Waals surface area contributed by atoms with Crippen LogP contribution in [0, 0.1) is 11.8 Å². The van der Waals surface area contributed by atoms with E-state index in [1.807, 2.05) is 22.8 Å². The summed E-state index contributed by atoms with van der Waals surface area (Å²) < 4.78 is 1.98. The molecule has 1 aromatic carbocycles. The van der Waals surface area contributed by atoms with Crippen molar-refractivity contribution in [2.24, 2.45) is 0 Å². The van der Waals surface area contributed by atoms with Gasteiger partial charge >= 0.3 is 0 Å². The number of nitrogens with zero attached hydrogens (tertiary/aromatic N) is 1. The molecule has 1 heterocycles. The maximum atomic E-state index is 10.5. The van der Waals surface area contributed by atoms with E-state index in [-0.39, 0.29) is 0 Å². The highest BCUT2D eigenvalue weighted by Gasteiger charge is 2.14. The van der Waals surface area contributed by atoms with Crippen molar-refractivity contribution in [1.29, 1.82) is 0 Å². The highest BCUT2D eigenvalue weighted by molar-refractivity contribution is 5.75. The third-order valence-corrected chi connectivity index (χ3v) is 3.65. The molecule has 22 heavy (non-hydrogen) atoms. The zero-order chi connectivity index (χ0) is 15.8. The normalized spacial score (nSPS) is 9.86. The van der Waals surface area contributed by atoms with Crippen molar-refractivity contribution in [1.82, 2.24) is 4.57 Å². The smallest absolute Gasteiger partial charge is 0.193 e. The number of hydrogen-bond acceptors (Lipinski definition) is 1. The van der Waals surface area contributed by atoms with Gasteiger partial charge in [-0.1, -0.05) is 56.7 Å². The Balaban J connectivity index is 2.52. The molecule has 0 aliphatic heterocycles. The zero-order valence-corrected chi connectivity index (χ0v) is 13.0. The summed E-state index contributed by atoms with van der Waals surface area (Å²) in [5.41, 5.74) is 4.34. The van der Waals surface area contributed by atoms with E-state index in [2.05, 4.69) is 43.5 Å². The Hall–Kier alpha value is -2.53. The first-order valence-corrected chi connectivity index (χ1v) is 7.69. The summed E-state index contributed by atoms with van der Waals surface area (Å²) in [7, 11) is 0. The molecule has 2 aromatic rings. The molecule has 0 bridgehead atoms. The van der Waals surface area contributed by atoms with Crippen LogP contribution in [0.1, 0.15) is 37.4 Å². The Kier molecular flexibility index (Phi) is 5.80. The fourth-order valence-corrected chi connectivity index (χ4v) is 2.64. The molecule has 2 nitrogen and oxygen atoms in total. The van der Waals surface area contributed by atoms with Crippen molar-refractivity contribution in [2.75, 3.05) is 0 Å². The van der Waals surface area contributed by atoms with E-state index in [0.29, 0.717) is 6.29 Å². The second-order valence-corrected chi connectivity index (χ2v) is 5.17. The molecule has 0 saturated carbocycles. The van der Waals surface area contributed by atoms with Crippen LogP contribution in [0.3, 0.4) is 0 Å². The van der Waals surface area contributed by atoms with Gasteiger partial charge < -0.3 is 4.57 Å². The number of carbonyl (C=O) groups is 1. The average molecular weight is 291 g/mol. The van der Waals surface area contributed by atoms with Gasteiger partial charge in [0, 0.05) is 6.20 Å². The van der Waals surface area contributed by atoms with E-state index < -0.39 is 0 Å². The number of rotatable bonds is 6. The first-order chi connectivity index (χ1) is 10.8. The number of hydrogen-bond donors (Lipinski definition) is 0. The number of aryl methyl sites for hydroxylation is 1. The molecular weight excluding hydrogens is 270 g/mol. The minimum atomic E-state index is 0.624. The molecule has 2 heteroatoms. The predicted molar refractivity (Wildman–Crippen MR) is 92.4 cm³/mol. The van der Waals surface area contributed by atoms with Crippen LogP contribution in [0.4, 0.5) is 0 Å². The fourth-order valence-electron chi connectivity index (χ4n) is 2.64. The Bertz CT molecular complexity index is 699. The van der Waals surface area contributed by atoms with Crippen molar-refractivity contribution in [3.63, 3.8) is 0 Å². The number of benzene rings is 1. The van der Waals surface area contributed by atoms with Gasteiger partial charge in [-0.05, 0) is 41.9 Å². The van der Waals surface area contributed by atoms with Crippen molar-refractivity contribution in [3.8, 4) is 23.1 Å². The van der Waals surface area contributed by atoms with Crippen LogP contribution in [0.15, 0.2) is 43.0 Å². The predicted octanol–water partition coefficient (Wildman–Crippen LogP) is 4.54. The standard InChI is InChI=1S/C20H21NO/c1-3-5-7-13-18-16-19(14-10-15-22)21(4-2)20(18)17-11-8-6-9-12-17/h4,6,8-9,11-12,15-16H,2-3,5,7,13H2,1H3. The maximum Gasteiger partial charge on any atom is 0.193 e. The van der Waals surface area contributed by atoms with E-state index in [1.54, 1.807) is 6.20 Å². The minimum Gasteiger partial charge on any atom is -0.310 e. The van der Waals surface area contributed by atoms with Crippen molar-refractivity contribution in [2.45, 2.75) is 32.6 Å². The van der Waals surface area contributed by atoms with E-state index >= 15 is 0 Å². The summed E-state index contributed by atoms with van der Waals surface area (Å²) in [5, 5.41) is 0. The lowest BCUT2D eigenvalue weighted by molar-refractivity contribution is -0.103. The van der Waals surface area contributed by atoms with Gasteiger partial charge in [0.25, 0.3) is 0 Å². The average Bonchev–Trinajstić information content (AvgIpc) is 2.91. The van der Waals surface area contributed by atoms with E-state index in [9.17, 15) is 4.79 Å². The molecule has 0 aliphatic rings. The molecule has 2 rings (SSSR count). The highest BCUT2D eigenvalue weighted by Crippen LogP contribution is 2.29. The SMILES string of the molecule is C=Cn1c(C#CC=O)cc(CCCCC)c1-c1ccccc1. The lowest BCUT2D eigenvalue weighted by Gasteiger charge is -2.09. The molecular formula is C20H21NO. The number of carbonyl (C=O) groups excluding carboxylic acids is 1. The lowest BCUT2D eigenvalue weighted by Crippen LogP contribution is -1.95. The van der Waals surface area contributed by atoms with E-state index in [4.69, 9.17) is 0 Å². The van der Waals surface area contributed by atoms with Crippen LogP contribution in [-0.2, 0) is 11.2 Å². The van der Waals surface area contributed by atoms with Crippen molar-refractivity contribution >= 4 is 12.5 Å². The summed E-state index contributed by atoms with van der Waals surface area (Å²) in [5.74, 6) is 5.41. The first-order valence-electron chi connectivity index (χ1n) is 7.69. The second kappa shape index (κ2) is 8.05. The van der Waals surface area contributed by atoms with Crippen LogP contribution < -0.4 is 0 Å². The van der Waals surface area contributed by atoms with Gasteiger partial charge in [0.15, 0.2) is 6.29 Å². The molecule has 0 spiro atoms. The quantitative estimate of drug-likeness (QED) is 0.435. The first kappa shape index (κ1) is 15.9. The third kappa shape index (κ3) is 3.56. The van der Waals surface area contributed by atoms with Crippen LogP contribution in [0.5, 0.6) is 0 Å². The summed E-state index contributed by atoms with van der Waals surface area (Å²) in [6.07, 6.45) is 6.95. The van der Waals surface area contributed by atoms with Crippen LogP contribution in [-0.4, -0.2) is 10.9 Å². The van der Waals surface area contributed by atoms with Gasteiger partial charge in [-0.25, -0.2) is 0 Å². The molecule has 0 amide bonds. The van der Waals surface area contributed by atoms with Gasteiger partial charge in [0.05, 0.1) is 11.4 Å². The van der Waals surface area contributed by atoms with Gasteiger partial charge in [0.2, 0.25) is 0 Å². The van der Waals surface area contributed by atoms with Crippen LogP contribution >= 0.6 is 0 Å². The second-order valence-electron chi connectivity index (χ2n) is 5.17. The van der Waals surface area contributed by atoms with Gasteiger partial charge in [0.1, 0.15) is 0 Å². The third-order valence-electron chi connectivity index (χ3n) is 3.65. The summed E-state index contributed by atoms with van der Waals surface area (Å²) in [6.45, 7) is 6.10.